The van der Waals surface area contributed by atoms with Gasteiger partial charge in [0.2, 0.25) is 0 Å². The van der Waals surface area contributed by atoms with Gasteiger partial charge in [0.1, 0.15) is 0 Å². The second kappa shape index (κ2) is 18.0. The normalized spacial score (nSPS) is 10.1. The van der Waals surface area contributed by atoms with Gasteiger partial charge in [0.25, 0.3) is 0 Å². The molecule has 1 N–H and O–H groups in total. The van der Waals surface area contributed by atoms with Crippen molar-refractivity contribution < 1.29 is 187 Å². The van der Waals surface area contributed by atoms with Gasteiger partial charge in [0, 0.05) is 10.4 Å². The van der Waals surface area contributed by atoms with E-state index in [0.717, 1.165) is 0 Å². The molecular formula is C6H9K3O7S. The third-order valence-corrected chi connectivity index (χ3v) is 1.05. The first-order valence-corrected chi connectivity index (χ1v) is 4.67. The molecule has 0 aromatic carbocycles. The summed E-state index contributed by atoms with van der Waals surface area (Å²) in [6, 6.07) is 0. The molecule has 0 aliphatic heterocycles. The number of carbonyl (C=O) groups is 1. The number of aliphatic carboxylic acids is 1. The van der Waals surface area contributed by atoms with Crippen molar-refractivity contribution in [3.8, 4) is 0 Å². The van der Waals surface area contributed by atoms with Gasteiger partial charge in [-0.25, -0.2) is 0 Å². The van der Waals surface area contributed by atoms with Crippen molar-refractivity contribution in [2.24, 2.45) is 0 Å². The molecule has 1 unspecified atom stereocenters. The molecule has 0 saturated heterocycles. The molecule has 17 heavy (non-hydrogen) atoms. The molecule has 0 aliphatic rings. The zero-order chi connectivity index (χ0) is 11.9. The van der Waals surface area contributed by atoms with Crippen LogP contribution in [0.3, 0.4) is 0 Å². The summed E-state index contributed by atoms with van der Waals surface area (Å²) in [7, 11) is -5.17. The van der Waals surface area contributed by atoms with E-state index in [1.807, 2.05) is 0 Å². The zero-order valence-corrected chi connectivity index (χ0v) is 20.5. The molecule has 1 atom stereocenters. The Labute approximate surface area is 228 Å². The van der Waals surface area contributed by atoms with Gasteiger partial charge in [0.05, 0.1) is 12.1 Å². The molecule has 7 nitrogen and oxygen atoms in total. The van der Waals surface area contributed by atoms with Crippen molar-refractivity contribution in [2.45, 2.75) is 19.4 Å². The van der Waals surface area contributed by atoms with E-state index in [2.05, 4.69) is 6.58 Å². The summed E-state index contributed by atoms with van der Waals surface area (Å²) in [5.74, 6) is -1.38. The van der Waals surface area contributed by atoms with E-state index >= 15 is 0 Å². The molecule has 0 aromatic rings. The Morgan fingerprint density at radius 3 is 1.59 bits per heavy atom. The van der Waals surface area contributed by atoms with Crippen LogP contribution in [0.5, 0.6) is 0 Å². The molecule has 0 spiro atoms. The van der Waals surface area contributed by atoms with Crippen LogP contribution in [0.25, 0.3) is 0 Å². The Kier molecular flexibility index (Phi) is 34.7. The maximum atomic E-state index is 9.93. The van der Waals surface area contributed by atoms with Crippen LogP contribution in [-0.2, 0) is 15.2 Å². The van der Waals surface area contributed by atoms with Crippen LogP contribution in [0.4, 0.5) is 0 Å². The number of aliphatic hydroxyl groups excluding tert-OH is 1. The molecule has 11 heteroatoms. The number of carbonyl (C=O) groups excluding carboxylic acids is 1. The molecule has 0 fully saturated rings. The molecule has 0 saturated carbocycles. The summed E-state index contributed by atoms with van der Waals surface area (Å²) >= 11 is 0. The van der Waals surface area contributed by atoms with Gasteiger partial charge in [-0.05, 0) is 12.0 Å². The molecule has 0 aromatic heterocycles. The first-order chi connectivity index (χ1) is 6.09. The smallest absolute Gasteiger partial charge is 0.759 e. The Morgan fingerprint density at radius 2 is 1.53 bits per heavy atom. The minimum atomic E-state index is -5.17. The SMILES string of the molecule is C=C(C(=O)[O-])C(O)CC.O=S(=O)([O-])[O-].[K+].[K+].[K+]. The topological polar surface area (TPSA) is 141 Å². The van der Waals surface area contributed by atoms with Gasteiger partial charge in [-0.1, -0.05) is 13.5 Å². The summed E-state index contributed by atoms with van der Waals surface area (Å²) in [5, 5.41) is 18.7. The third kappa shape index (κ3) is 33.0. The van der Waals surface area contributed by atoms with Gasteiger partial charge in [-0.15, -0.1) is 0 Å². The molecule has 0 aliphatic carbocycles. The van der Waals surface area contributed by atoms with E-state index in [0.29, 0.717) is 6.42 Å². The zero-order valence-electron chi connectivity index (χ0n) is 10.3. The number of rotatable bonds is 3. The van der Waals surface area contributed by atoms with E-state index in [1.165, 1.54) is 0 Å². The Balaban J connectivity index is -0.0000000533. The van der Waals surface area contributed by atoms with Crippen molar-refractivity contribution in [2.75, 3.05) is 0 Å². The van der Waals surface area contributed by atoms with Crippen LogP contribution in [0.15, 0.2) is 12.2 Å². The summed E-state index contributed by atoms with van der Waals surface area (Å²) in [6.07, 6.45) is -0.609. The van der Waals surface area contributed by atoms with Gasteiger partial charge in [-0.3, -0.25) is 8.42 Å². The number of hydrogen-bond acceptors (Lipinski definition) is 7. The summed E-state index contributed by atoms with van der Waals surface area (Å²) in [6.45, 7) is 4.78. The van der Waals surface area contributed by atoms with E-state index < -0.39 is 22.5 Å². The molecule has 0 bridgehead atoms. The molecule has 0 rings (SSSR count). The Morgan fingerprint density at radius 1 is 1.29 bits per heavy atom. The maximum absolute atomic E-state index is 9.93. The van der Waals surface area contributed by atoms with Crippen molar-refractivity contribution in [1.29, 1.82) is 0 Å². The fraction of sp³-hybridized carbons (Fsp3) is 0.500. The Hall–Kier alpha value is 3.95. The van der Waals surface area contributed by atoms with Crippen molar-refractivity contribution >= 4 is 16.4 Å². The van der Waals surface area contributed by atoms with Crippen molar-refractivity contribution in [1.82, 2.24) is 0 Å². The van der Waals surface area contributed by atoms with Gasteiger partial charge in [0.15, 0.2) is 0 Å². The van der Waals surface area contributed by atoms with Crippen LogP contribution in [0.2, 0.25) is 0 Å². The van der Waals surface area contributed by atoms with E-state index in [-0.39, 0.29) is 160 Å². The van der Waals surface area contributed by atoms with Crippen molar-refractivity contribution in [3.05, 3.63) is 12.2 Å². The van der Waals surface area contributed by atoms with E-state index in [1.54, 1.807) is 6.92 Å². The maximum Gasteiger partial charge on any atom is 1.00 e. The minimum absolute atomic E-state index is 0. The molecule has 0 radical (unpaired) electrons. The van der Waals surface area contributed by atoms with Gasteiger partial charge >= 0.3 is 154 Å². The predicted molar refractivity (Wildman–Crippen MR) is 40.9 cm³/mol. The molecule has 84 valence electrons. The first-order valence-electron chi connectivity index (χ1n) is 3.34. The van der Waals surface area contributed by atoms with Gasteiger partial charge < -0.3 is 24.1 Å². The quantitative estimate of drug-likeness (QED) is 0.232. The van der Waals surface area contributed by atoms with Gasteiger partial charge in [-0.2, -0.15) is 0 Å². The Bertz CT molecular complexity index is 295. The minimum Gasteiger partial charge on any atom is -0.759 e. The fourth-order valence-electron chi connectivity index (χ4n) is 0.382. The molecule has 0 amide bonds. The second-order valence-electron chi connectivity index (χ2n) is 2.14. The van der Waals surface area contributed by atoms with Crippen molar-refractivity contribution in [3.63, 3.8) is 0 Å². The standard InChI is InChI=1S/C6H10O3.3K.H2O4S/c1-3-5(7)4(2)6(8)9;;;;1-5(2,3)4/h5,7H,2-3H2,1H3,(H,8,9);;;;(H2,1,2,3,4)/q;3*+1;/p-3. The van der Waals surface area contributed by atoms with Crippen LogP contribution in [0, 0.1) is 0 Å². The number of aliphatic hydroxyl groups is 1. The third-order valence-electron chi connectivity index (χ3n) is 1.05. The largest absolute Gasteiger partial charge is 1.00 e. The number of hydrogen-bond donors (Lipinski definition) is 1. The van der Waals surface area contributed by atoms with E-state index in [9.17, 15) is 9.90 Å². The second-order valence-corrected chi connectivity index (χ2v) is 2.96. The predicted octanol–water partition coefficient (Wildman–Crippen LogP) is -11.3. The van der Waals surface area contributed by atoms with E-state index in [4.69, 9.17) is 22.6 Å². The number of carboxylic acids is 1. The summed E-state index contributed by atoms with van der Waals surface area (Å²) < 4.78 is 34.1. The summed E-state index contributed by atoms with van der Waals surface area (Å²) in [4.78, 5) is 9.93. The van der Waals surface area contributed by atoms with Crippen LogP contribution >= 0.6 is 0 Å². The number of carboxylic acid groups (broad SMARTS) is 1. The summed E-state index contributed by atoms with van der Waals surface area (Å²) in [5.41, 5.74) is -0.252. The monoisotopic (exact) mass is 342 g/mol. The van der Waals surface area contributed by atoms with Crippen LogP contribution < -0.4 is 159 Å². The molecule has 0 heterocycles. The average Bonchev–Trinajstić information content (AvgIpc) is 1.98. The average molecular weight is 342 g/mol. The van der Waals surface area contributed by atoms with Crippen LogP contribution in [-0.4, -0.2) is 34.7 Å². The molecular weight excluding hydrogens is 333 g/mol. The first kappa shape index (κ1) is 32.8. The van der Waals surface area contributed by atoms with Crippen LogP contribution in [0.1, 0.15) is 13.3 Å². The fourth-order valence-corrected chi connectivity index (χ4v) is 0.382.